The highest BCUT2D eigenvalue weighted by Crippen LogP contribution is 2.22. The Kier molecular flexibility index (Phi) is 5.41. The lowest BCUT2D eigenvalue weighted by Crippen LogP contribution is -2.52. The van der Waals surface area contributed by atoms with Crippen LogP contribution in [0.5, 0.6) is 5.75 Å². The van der Waals surface area contributed by atoms with Gasteiger partial charge in [0.25, 0.3) is 0 Å². The molecule has 1 saturated heterocycles. The Bertz CT molecular complexity index is 517. The first kappa shape index (κ1) is 16.3. The molecule has 1 aromatic carbocycles. The number of nitrogens with one attached hydrogen (secondary N) is 1. The van der Waals surface area contributed by atoms with Crippen LogP contribution in [0.1, 0.15) is 38.7 Å². The Balaban J connectivity index is 1.91. The Morgan fingerprint density at radius 1 is 1.18 bits per heavy atom. The molecule has 2 atom stereocenters. The zero-order chi connectivity index (χ0) is 16.1. The molecule has 120 valence electrons. The minimum atomic E-state index is -0.531. The molecule has 2 amide bonds. The van der Waals surface area contributed by atoms with Crippen molar-refractivity contribution in [1.29, 1.82) is 0 Å². The van der Waals surface area contributed by atoms with Gasteiger partial charge in [-0.05, 0) is 50.8 Å². The minimum Gasteiger partial charge on any atom is -0.497 e. The Morgan fingerprint density at radius 2 is 1.77 bits per heavy atom. The zero-order valence-electron chi connectivity index (χ0n) is 13.5. The summed E-state index contributed by atoms with van der Waals surface area (Å²) in [5, 5.41) is 2.70. The Morgan fingerprint density at radius 3 is 2.32 bits per heavy atom. The molecule has 0 saturated carbocycles. The zero-order valence-corrected chi connectivity index (χ0v) is 13.5. The molecule has 1 heterocycles. The van der Waals surface area contributed by atoms with Crippen LogP contribution in [-0.4, -0.2) is 35.9 Å². The fourth-order valence-electron chi connectivity index (χ4n) is 2.94. The number of likely N-dealkylation sites (tertiary alicyclic amines) is 1. The van der Waals surface area contributed by atoms with Gasteiger partial charge in [-0.3, -0.25) is 9.59 Å². The highest BCUT2D eigenvalue weighted by atomic mass is 16.5. The van der Waals surface area contributed by atoms with E-state index in [4.69, 9.17) is 4.74 Å². The summed E-state index contributed by atoms with van der Waals surface area (Å²) in [5.41, 5.74) is 0.932. The van der Waals surface area contributed by atoms with Crippen LogP contribution in [0.25, 0.3) is 0 Å². The molecule has 22 heavy (non-hydrogen) atoms. The third kappa shape index (κ3) is 3.78. The maximum Gasteiger partial charge on any atom is 0.312 e. The highest BCUT2D eigenvalue weighted by Gasteiger charge is 2.32. The predicted octanol–water partition coefficient (Wildman–Crippen LogP) is 2.10. The van der Waals surface area contributed by atoms with Crippen molar-refractivity contribution >= 4 is 11.8 Å². The van der Waals surface area contributed by atoms with E-state index in [1.807, 2.05) is 38.1 Å². The van der Waals surface area contributed by atoms with Gasteiger partial charge in [-0.15, -0.1) is 0 Å². The first-order chi connectivity index (χ1) is 10.5. The van der Waals surface area contributed by atoms with E-state index >= 15 is 0 Å². The molecule has 1 N–H and O–H groups in total. The third-order valence-electron chi connectivity index (χ3n) is 4.23. The van der Waals surface area contributed by atoms with Crippen LogP contribution in [-0.2, 0) is 16.1 Å². The quantitative estimate of drug-likeness (QED) is 0.870. The van der Waals surface area contributed by atoms with E-state index in [0.29, 0.717) is 6.54 Å². The second kappa shape index (κ2) is 7.29. The minimum absolute atomic E-state index is 0.128. The molecule has 1 aromatic rings. The number of carbonyl (C=O) groups is 2. The number of amides is 2. The van der Waals surface area contributed by atoms with Crippen LogP contribution in [0.4, 0.5) is 0 Å². The normalized spacial score (nSPS) is 21.3. The van der Waals surface area contributed by atoms with E-state index in [0.717, 1.165) is 30.6 Å². The lowest BCUT2D eigenvalue weighted by molar-refractivity contribution is -0.150. The molecule has 0 spiro atoms. The maximum absolute atomic E-state index is 12.3. The van der Waals surface area contributed by atoms with Gasteiger partial charge in [0, 0.05) is 18.6 Å². The monoisotopic (exact) mass is 304 g/mol. The van der Waals surface area contributed by atoms with Gasteiger partial charge < -0.3 is 15.0 Å². The number of piperidine rings is 1. The molecule has 2 unspecified atom stereocenters. The van der Waals surface area contributed by atoms with E-state index in [9.17, 15) is 9.59 Å². The standard InChI is InChI=1S/C17H24N2O3/c1-12-5-4-6-13(2)19(12)17(21)16(20)18-11-14-7-9-15(22-3)10-8-14/h7-10,12-13H,4-6,11H2,1-3H3,(H,18,20). The number of ether oxygens (including phenoxy) is 1. The number of benzene rings is 1. The topological polar surface area (TPSA) is 58.6 Å². The maximum atomic E-state index is 12.3. The molecular formula is C17H24N2O3. The van der Waals surface area contributed by atoms with Crippen molar-refractivity contribution in [3.05, 3.63) is 29.8 Å². The van der Waals surface area contributed by atoms with Gasteiger partial charge in [-0.1, -0.05) is 12.1 Å². The van der Waals surface area contributed by atoms with Crippen LogP contribution in [0.3, 0.4) is 0 Å². The fraction of sp³-hybridized carbons (Fsp3) is 0.529. The van der Waals surface area contributed by atoms with Gasteiger partial charge in [-0.25, -0.2) is 0 Å². The van der Waals surface area contributed by atoms with Gasteiger partial charge in [0.2, 0.25) is 0 Å². The van der Waals surface area contributed by atoms with Crippen molar-refractivity contribution in [2.45, 2.75) is 51.7 Å². The summed E-state index contributed by atoms with van der Waals surface area (Å²) in [6, 6.07) is 7.66. The summed E-state index contributed by atoms with van der Waals surface area (Å²) in [6.45, 7) is 4.35. The number of hydrogen-bond donors (Lipinski definition) is 1. The average Bonchev–Trinajstić information content (AvgIpc) is 2.52. The summed E-state index contributed by atoms with van der Waals surface area (Å²) in [4.78, 5) is 26.2. The van der Waals surface area contributed by atoms with Gasteiger partial charge in [0.15, 0.2) is 0 Å². The molecular weight excluding hydrogens is 280 g/mol. The van der Waals surface area contributed by atoms with Gasteiger partial charge in [0.1, 0.15) is 5.75 Å². The van der Waals surface area contributed by atoms with Crippen LogP contribution in [0.2, 0.25) is 0 Å². The number of hydrogen-bond acceptors (Lipinski definition) is 3. The lowest BCUT2D eigenvalue weighted by Gasteiger charge is -2.38. The third-order valence-corrected chi connectivity index (χ3v) is 4.23. The van der Waals surface area contributed by atoms with Crippen LogP contribution in [0, 0.1) is 0 Å². The average molecular weight is 304 g/mol. The first-order valence-corrected chi connectivity index (χ1v) is 7.76. The SMILES string of the molecule is COc1ccc(CNC(=O)C(=O)N2C(C)CCCC2C)cc1. The van der Waals surface area contributed by atoms with Crippen molar-refractivity contribution in [1.82, 2.24) is 10.2 Å². The molecule has 0 aliphatic carbocycles. The largest absolute Gasteiger partial charge is 0.497 e. The number of carbonyl (C=O) groups excluding carboxylic acids is 2. The molecule has 0 aromatic heterocycles. The van der Waals surface area contributed by atoms with E-state index in [-0.39, 0.29) is 12.1 Å². The molecule has 0 bridgehead atoms. The fourth-order valence-corrected chi connectivity index (χ4v) is 2.94. The Hall–Kier alpha value is -2.04. The lowest BCUT2D eigenvalue weighted by atomic mass is 9.97. The van der Waals surface area contributed by atoms with Crippen molar-refractivity contribution in [2.24, 2.45) is 0 Å². The van der Waals surface area contributed by atoms with Crippen LogP contribution >= 0.6 is 0 Å². The summed E-state index contributed by atoms with van der Waals surface area (Å²) in [5.74, 6) is -0.188. The molecule has 5 nitrogen and oxygen atoms in total. The molecule has 1 fully saturated rings. The molecule has 1 aliphatic rings. The van der Waals surface area contributed by atoms with Crippen molar-refractivity contribution in [2.75, 3.05) is 7.11 Å². The molecule has 2 rings (SSSR count). The summed E-state index contributed by atoms with van der Waals surface area (Å²) in [7, 11) is 1.61. The number of nitrogens with zero attached hydrogens (tertiary/aromatic N) is 1. The second-order valence-electron chi connectivity index (χ2n) is 5.87. The molecule has 1 aliphatic heterocycles. The molecule has 0 radical (unpaired) electrons. The van der Waals surface area contributed by atoms with Gasteiger partial charge >= 0.3 is 11.8 Å². The van der Waals surface area contributed by atoms with E-state index in [1.54, 1.807) is 12.0 Å². The van der Waals surface area contributed by atoms with E-state index in [2.05, 4.69) is 5.32 Å². The summed E-state index contributed by atoms with van der Waals surface area (Å²) < 4.78 is 5.09. The van der Waals surface area contributed by atoms with Gasteiger partial charge in [-0.2, -0.15) is 0 Å². The van der Waals surface area contributed by atoms with Gasteiger partial charge in [0.05, 0.1) is 7.11 Å². The van der Waals surface area contributed by atoms with Crippen LogP contribution in [0.15, 0.2) is 24.3 Å². The van der Waals surface area contributed by atoms with E-state index < -0.39 is 11.8 Å². The summed E-state index contributed by atoms with van der Waals surface area (Å²) >= 11 is 0. The van der Waals surface area contributed by atoms with Crippen molar-refractivity contribution in [3.8, 4) is 5.75 Å². The highest BCUT2D eigenvalue weighted by molar-refractivity contribution is 6.35. The first-order valence-electron chi connectivity index (χ1n) is 7.76. The second-order valence-corrected chi connectivity index (χ2v) is 5.87. The van der Waals surface area contributed by atoms with Crippen LogP contribution < -0.4 is 10.1 Å². The van der Waals surface area contributed by atoms with Crippen molar-refractivity contribution < 1.29 is 14.3 Å². The predicted molar refractivity (Wildman–Crippen MR) is 84.5 cm³/mol. The smallest absolute Gasteiger partial charge is 0.312 e. The van der Waals surface area contributed by atoms with Crippen molar-refractivity contribution in [3.63, 3.8) is 0 Å². The summed E-state index contributed by atoms with van der Waals surface area (Å²) in [6.07, 6.45) is 3.03. The number of rotatable bonds is 3. The number of methoxy groups -OCH3 is 1. The van der Waals surface area contributed by atoms with E-state index in [1.165, 1.54) is 0 Å². The Labute approximate surface area is 131 Å². The molecule has 5 heteroatoms.